The average Bonchev–Trinajstić information content (AvgIpc) is 2.85. The van der Waals surface area contributed by atoms with Gasteiger partial charge >= 0.3 is 6.16 Å². The highest BCUT2D eigenvalue weighted by Gasteiger charge is 2.44. The molecule has 0 saturated carbocycles. The third kappa shape index (κ3) is 4.80. The van der Waals surface area contributed by atoms with Crippen molar-refractivity contribution in [1.29, 1.82) is 0 Å². The fourth-order valence-corrected chi connectivity index (χ4v) is 7.56. The second kappa shape index (κ2) is 10.1. The molecule has 0 heterocycles. The van der Waals surface area contributed by atoms with Crippen molar-refractivity contribution in [2.45, 2.75) is 6.92 Å². The van der Waals surface area contributed by atoms with Gasteiger partial charge in [-0.1, -0.05) is 72.8 Å². The van der Waals surface area contributed by atoms with Crippen LogP contribution in [0.5, 0.6) is 5.75 Å². The molecule has 0 unspecified atom stereocenters. The normalized spacial score (nSPS) is 11.6. The predicted molar refractivity (Wildman–Crippen MR) is 132 cm³/mol. The summed E-state index contributed by atoms with van der Waals surface area (Å²) in [7, 11) is -2.24. The Morgan fingerprint density at radius 2 is 1.00 bits per heavy atom. The molecule has 0 amide bonds. The molecule has 4 aromatic carbocycles. The number of hydrogen-bond donors (Lipinski definition) is 0. The minimum Gasteiger partial charge on any atom is -0.396 e. The molecular formula is C28H24O3P+. The van der Waals surface area contributed by atoms with E-state index in [9.17, 15) is 4.79 Å². The number of hydrogen-bond acceptors (Lipinski definition) is 3. The molecule has 0 aromatic heterocycles. The Hall–Kier alpha value is -3.68. The lowest BCUT2D eigenvalue weighted by Crippen LogP contribution is -2.30. The first-order valence-electron chi connectivity index (χ1n) is 10.4. The summed E-state index contributed by atoms with van der Waals surface area (Å²) in [5.41, 5.74) is 0. The number of ether oxygens (including phenoxy) is 2. The van der Waals surface area contributed by atoms with E-state index >= 15 is 0 Å². The molecule has 0 aliphatic carbocycles. The van der Waals surface area contributed by atoms with E-state index < -0.39 is 13.4 Å². The minimum absolute atomic E-state index is 0.445. The van der Waals surface area contributed by atoms with E-state index in [4.69, 9.17) is 9.47 Å². The molecule has 0 aliphatic heterocycles. The van der Waals surface area contributed by atoms with Crippen molar-refractivity contribution in [3.8, 4) is 5.75 Å². The highest BCUT2D eigenvalue weighted by atomic mass is 31.2. The van der Waals surface area contributed by atoms with Crippen molar-refractivity contribution >= 4 is 29.3 Å². The summed E-state index contributed by atoms with van der Waals surface area (Å²) >= 11 is 0. The molecule has 0 radical (unpaired) electrons. The van der Waals surface area contributed by atoms with E-state index in [1.807, 2.05) is 72.8 Å². The quantitative estimate of drug-likeness (QED) is 0.159. The predicted octanol–water partition coefficient (Wildman–Crippen LogP) is 6.06. The SMILES string of the molecule is CC(=C[P+](c1ccccc1)(c1ccccc1)c1ccccc1)OC(=O)Oc1ccccc1. The molecule has 0 atom stereocenters. The number of allylic oxidation sites excluding steroid dienone is 1. The Morgan fingerprint density at radius 1 is 0.625 bits per heavy atom. The van der Waals surface area contributed by atoms with Gasteiger partial charge in [-0.3, -0.25) is 0 Å². The number of carbonyl (C=O) groups excluding carboxylic acids is 1. The van der Waals surface area contributed by atoms with E-state index in [0.29, 0.717) is 11.5 Å². The van der Waals surface area contributed by atoms with Crippen LogP contribution in [0.3, 0.4) is 0 Å². The van der Waals surface area contributed by atoms with Crippen LogP contribution in [0.15, 0.2) is 133 Å². The molecule has 32 heavy (non-hydrogen) atoms. The first-order valence-corrected chi connectivity index (χ1v) is 12.2. The molecule has 158 valence electrons. The van der Waals surface area contributed by atoms with E-state index in [-0.39, 0.29) is 0 Å². The van der Waals surface area contributed by atoms with Gasteiger partial charge in [-0.25, -0.2) is 4.79 Å². The van der Waals surface area contributed by atoms with Crippen molar-refractivity contribution in [3.63, 3.8) is 0 Å². The lowest BCUT2D eigenvalue weighted by atomic mass is 10.3. The van der Waals surface area contributed by atoms with Crippen LogP contribution >= 0.6 is 7.26 Å². The van der Waals surface area contributed by atoms with Gasteiger partial charge in [-0.2, -0.15) is 0 Å². The Morgan fingerprint density at radius 3 is 1.41 bits per heavy atom. The summed E-state index contributed by atoms with van der Waals surface area (Å²) < 4.78 is 10.9. The van der Waals surface area contributed by atoms with Crippen molar-refractivity contribution in [1.82, 2.24) is 0 Å². The molecule has 4 heteroatoms. The third-order valence-electron chi connectivity index (χ3n) is 5.05. The third-order valence-corrected chi connectivity index (χ3v) is 9.14. The second-order valence-electron chi connectivity index (χ2n) is 7.24. The van der Waals surface area contributed by atoms with Gasteiger partial charge in [-0.15, -0.1) is 0 Å². The first-order chi connectivity index (χ1) is 15.7. The lowest BCUT2D eigenvalue weighted by Gasteiger charge is -2.24. The largest absolute Gasteiger partial charge is 0.519 e. The number of rotatable bonds is 6. The summed E-state index contributed by atoms with van der Waals surface area (Å²) in [5, 5.41) is 3.53. The van der Waals surface area contributed by atoms with Crippen molar-refractivity contribution in [2.75, 3.05) is 0 Å². The van der Waals surface area contributed by atoms with E-state index in [1.54, 1.807) is 19.1 Å². The summed E-state index contributed by atoms with van der Waals surface area (Å²) in [6, 6.07) is 40.1. The van der Waals surface area contributed by atoms with E-state index in [1.165, 1.54) is 15.9 Å². The van der Waals surface area contributed by atoms with Crippen LogP contribution in [0.25, 0.3) is 0 Å². The molecule has 0 N–H and O–H groups in total. The summed E-state index contributed by atoms with van der Waals surface area (Å²) in [6.45, 7) is 1.80. The van der Waals surface area contributed by atoms with Crippen LogP contribution in [0.2, 0.25) is 0 Å². The van der Waals surface area contributed by atoms with Gasteiger partial charge < -0.3 is 9.47 Å². The highest BCUT2D eigenvalue weighted by molar-refractivity contribution is 7.98. The highest BCUT2D eigenvalue weighted by Crippen LogP contribution is 2.57. The number of para-hydroxylation sites is 1. The van der Waals surface area contributed by atoms with Gasteiger partial charge in [-0.05, 0) is 55.5 Å². The maximum absolute atomic E-state index is 12.4. The van der Waals surface area contributed by atoms with Crippen molar-refractivity contribution < 1.29 is 14.3 Å². The number of carbonyl (C=O) groups is 1. The Bertz CT molecular complexity index is 1080. The molecule has 0 bridgehead atoms. The molecule has 0 fully saturated rings. The van der Waals surface area contributed by atoms with Crippen LogP contribution in [-0.4, -0.2) is 6.16 Å². The van der Waals surface area contributed by atoms with Crippen molar-refractivity contribution in [3.05, 3.63) is 133 Å². The fourth-order valence-electron chi connectivity index (χ4n) is 3.70. The van der Waals surface area contributed by atoms with Crippen LogP contribution in [0.4, 0.5) is 4.79 Å². The zero-order valence-corrected chi connectivity index (χ0v) is 18.7. The average molecular weight is 439 g/mol. The van der Waals surface area contributed by atoms with Crippen LogP contribution < -0.4 is 20.7 Å². The van der Waals surface area contributed by atoms with Crippen molar-refractivity contribution in [2.24, 2.45) is 0 Å². The lowest BCUT2D eigenvalue weighted by molar-refractivity contribution is 0.127. The molecular weight excluding hydrogens is 415 g/mol. The zero-order valence-electron chi connectivity index (χ0n) is 17.8. The number of benzene rings is 4. The van der Waals surface area contributed by atoms with Crippen LogP contribution in [-0.2, 0) is 4.74 Å². The smallest absolute Gasteiger partial charge is 0.396 e. The molecule has 0 spiro atoms. The maximum atomic E-state index is 12.4. The van der Waals surface area contributed by atoms with Gasteiger partial charge in [0.05, 0.1) is 0 Å². The maximum Gasteiger partial charge on any atom is 0.519 e. The fraction of sp³-hybridized carbons (Fsp3) is 0.0357. The Kier molecular flexibility index (Phi) is 6.79. The van der Waals surface area contributed by atoms with Gasteiger partial charge in [0, 0.05) is 0 Å². The monoisotopic (exact) mass is 439 g/mol. The van der Waals surface area contributed by atoms with Gasteiger partial charge in [0.2, 0.25) is 0 Å². The van der Waals surface area contributed by atoms with Gasteiger partial charge in [0.15, 0.2) is 0 Å². The molecule has 0 aliphatic rings. The Balaban J connectivity index is 1.79. The summed E-state index contributed by atoms with van der Waals surface area (Å²) in [5.74, 6) is 3.04. The van der Waals surface area contributed by atoms with E-state index in [2.05, 4.69) is 42.2 Å². The summed E-state index contributed by atoms with van der Waals surface area (Å²) in [4.78, 5) is 12.4. The molecule has 4 rings (SSSR count). The standard InChI is InChI=1S/C28H24O3P/c1-23(30-28(29)31-24-14-6-2-7-15-24)22-32(25-16-8-3-9-17-25,26-18-10-4-11-19-26)27-20-12-5-13-21-27/h2-22H,1H3/q+1. The molecule has 0 saturated heterocycles. The molecule has 3 nitrogen and oxygen atoms in total. The van der Waals surface area contributed by atoms with Gasteiger partial charge in [0.25, 0.3) is 0 Å². The topological polar surface area (TPSA) is 35.5 Å². The van der Waals surface area contributed by atoms with Gasteiger partial charge in [0.1, 0.15) is 40.5 Å². The molecule has 4 aromatic rings. The summed E-state index contributed by atoms with van der Waals surface area (Å²) in [6.07, 6.45) is -0.753. The zero-order chi connectivity index (χ0) is 22.2. The van der Waals surface area contributed by atoms with Crippen LogP contribution in [0.1, 0.15) is 6.92 Å². The van der Waals surface area contributed by atoms with Crippen LogP contribution in [0, 0.1) is 0 Å². The Labute approximate surface area is 189 Å². The van der Waals surface area contributed by atoms with E-state index in [0.717, 1.165) is 0 Å². The first kappa shape index (κ1) is 21.5. The second-order valence-corrected chi connectivity index (χ2v) is 10.5. The minimum atomic E-state index is -2.24.